The number of unbranched alkanes of at least 4 members (excludes halogenated alkanes) is 4. The third-order valence-electron chi connectivity index (χ3n) is 3.24. The van der Waals surface area contributed by atoms with Crippen molar-refractivity contribution in [3.63, 3.8) is 0 Å². The van der Waals surface area contributed by atoms with Crippen LogP contribution in [0.2, 0.25) is 0 Å². The zero-order valence-corrected chi connectivity index (χ0v) is 12.8. The summed E-state index contributed by atoms with van der Waals surface area (Å²) >= 11 is 1.78. The van der Waals surface area contributed by atoms with Gasteiger partial charge in [0, 0.05) is 24.0 Å². The van der Waals surface area contributed by atoms with Gasteiger partial charge in [0.25, 0.3) is 0 Å². The van der Waals surface area contributed by atoms with E-state index in [2.05, 4.69) is 29.5 Å². The molecule has 2 nitrogen and oxygen atoms in total. The molecule has 1 atom stereocenters. The Bertz CT molecular complexity index is 272. The molecule has 0 bridgehead atoms. The standard InChI is InChI=1S/C15H28N2S/c1-3-5-6-7-8-9-14(16-10-4-2)13-15-17-11-12-18-15/h11-12,14,16H,3-10,13H2,1-2H3. The van der Waals surface area contributed by atoms with E-state index in [1.54, 1.807) is 11.3 Å². The highest BCUT2D eigenvalue weighted by molar-refractivity contribution is 7.09. The number of hydrogen-bond acceptors (Lipinski definition) is 3. The van der Waals surface area contributed by atoms with E-state index in [0.29, 0.717) is 6.04 Å². The van der Waals surface area contributed by atoms with Crippen molar-refractivity contribution in [2.75, 3.05) is 6.54 Å². The summed E-state index contributed by atoms with van der Waals surface area (Å²) in [6.45, 7) is 5.63. The number of nitrogens with zero attached hydrogens (tertiary/aromatic N) is 1. The fourth-order valence-corrected chi connectivity index (χ4v) is 2.88. The van der Waals surface area contributed by atoms with Crippen LogP contribution in [0.5, 0.6) is 0 Å². The van der Waals surface area contributed by atoms with Gasteiger partial charge in [-0.15, -0.1) is 11.3 Å². The summed E-state index contributed by atoms with van der Waals surface area (Å²) in [7, 11) is 0. The molecule has 1 N–H and O–H groups in total. The minimum absolute atomic E-state index is 0.623. The quantitative estimate of drug-likeness (QED) is 0.601. The average molecular weight is 268 g/mol. The Kier molecular flexibility index (Phi) is 9.13. The Morgan fingerprint density at radius 3 is 2.67 bits per heavy atom. The molecule has 1 aromatic rings. The zero-order chi connectivity index (χ0) is 13.1. The molecular formula is C15H28N2S. The van der Waals surface area contributed by atoms with Crippen molar-refractivity contribution in [3.8, 4) is 0 Å². The summed E-state index contributed by atoms with van der Waals surface area (Å²) in [4.78, 5) is 4.40. The molecule has 0 aliphatic heterocycles. The minimum Gasteiger partial charge on any atom is -0.314 e. The van der Waals surface area contributed by atoms with Gasteiger partial charge in [0.1, 0.15) is 0 Å². The molecule has 0 fully saturated rings. The molecule has 1 aromatic heterocycles. The molecule has 104 valence electrons. The molecule has 18 heavy (non-hydrogen) atoms. The second-order valence-electron chi connectivity index (χ2n) is 4.98. The molecule has 0 aliphatic rings. The summed E-state index contributed by atoms with van der Waals surface area (Å²) in [5, 5.41) is 7.02. The van der Waals surface area contributed by atoms with Crippen LogP contribution in [-0.2, 0) is 6.42 Å². The van der Waals surface area contributed by atoms with Crippen LogP contribution in [0.4, 0.5) is 0 Å². The Balaban J connectivity index is 2.22. The first-order chi connectivity index (χ1) is 8.86. The van der Waals surface area contributed by atoms with E-state index in [9.17, 15) is 0 Å². The number of rotatable bonds is 11. The SMILES string of the molecule is CCCCCCCC(Cc1nccs1)NCCC. The predicted octanol–water partition coefficient (Wildman–Crippen LogP) is 4.41. The van der Waals surface area contributed by atoms with Crippen molar-refractivity contribution >= 4 is 11.3 Å². The van der Waals surface area contributed by atoms with Gasteiger partial charge in [-0.05, 0) is 19.4 Å². The number of hydrogen-bond donors (Lipinski definition) is 1. The Labute approximate surface area is 116 Å². The molecule has 1 rings (SSSR count). The van der Waals surface area contributed by atoms with Crippen molar-refractivity contribution in [1.82, 2.24) is 10.3 Å². The average Bonchev–Trinajstić information content (AvgIpc) is 2.88. The van der Waals surface area contributed by atoms with E-state index in [1.807, 2.05) is 6.20 Å². The lowest BCUT2D eigenvalue weighted by molar-refractivity contribution is 0.451. The fourth-order valence-electron chi connectivity index (χ4n) is 2.18. The molecule has 0 aliphatic carbocycles. The predicted molar refractivity (Wildman–Crippen MR) is 81.3 cm³/mol. The second-order valence-corrected chi connectivity index (χ2v) is 5.96. The normalized spacial score (nSPS) is 12.8. The fraction of sp³-hybridized carbons (Fsp3) is 0.800. The smallest absolute Gasteiger partial charge is 0.0940 e. The van der Waals surface area contributed by atoms with Gasteiger partial charge >= 0.3 is 0 Å². The molecule has 1 heterocycles. The maximum Gasteiger partial charge on any atom is 0.0940 e. The maximum absolute atomic E-state index is 4.40. The van der Waals surface area contributed by atoms with Crippen molar-refractivity contribution in [2.45, 2.75) is 71.3 Å². The summed E-state index contributed by atoms with van der Waals surface area (Å²) in [5.74, 6) is 0. The van der Waals surface area contributed by atoms with Gasteiger partial charge in [-0.2, -0.15) is 0 Å². The van der Waals surface area contributed by atoms with E-state index < -0.39 is 0 Å². The number of aromatic nitrogens is 1. The van der Waals surface area contributed by atoms with Crippen molar-refractivity contribution in [1.29, 1.82) is 0 Å². The lowest BCUT2D eigenvalue weighted by Crippen LogP contribution is -2.31. The molecule has 0 saturated carbocycles. The van der Waals surface area contributed by atoms with Gasteiger partial charge in [-0.1, -0.05) is 46.0 Å². The van der Waals surface area contributed by atoms with Crippen LogP contribution in [0, 0.1) is 0 Å². The highest BCUT2D eigenvalue weighted by Gasteiger charge is 2.09. The molecule has 0 spiro atoms. The van der Waals surface area contributed by atoms with Crippen LogP contribution >= 0.6 is 11.3 Å². The molecule has 0 amide bonds. The summed E-state index contributed by atoms with van der Waals surface area (Å²) < 4.78 is 0. The molecule has 1 unspecified atom stereocenters. The summed E-state index contributed by atoms with van der Waals surface area (Å²) in [5.41, 5.74) is 0. The van der Waals surface area contributed by atoms with Crippen molar-refractivity contribution in [2.24, 2.45) is 0 Å². The summed E-state index contributed by atoms with van der Waals surface area (Å²) in [6, 6.07) is 0.623. The van der Waals surface area contributed by atoms with E-state index in [0.717, 1.165) is 13.0 Å². The van der Waals surface area contributed by atoms with Crippen LogP contribution < -0.4 is 5.32 Å². The monoisotopic (exact) mass is 268 g/mol. The highest BCUT2D eigenvalue weighted by Crippen LogP contribution is 2.13. The summed E-state index contributed by atoms with van der Waals surface area (Å²) in [6.07, 6.45) is 12.4. The first-order valence-corrected chi connectivity index (χ1v) is 8.36. The molecular weight excluding hydrogens is 240 g/mol. The Hall–Kier alpha value is -0.410. The van der Waals surface area contributed by atoms with Gasteiger partial charge in [0.2, 0.25) is 0 Å². The van der Waals surface area contributed by atoms with Gasteiger partial charge < -0.3 is 5.32 Å². The van der Waals surface area contributed by atoms with E-state index >= 15 is 0 Å². The van der Waals surface area contributed by atoms with E-state index in [4.69, 9.17) is 0 Å². The van der Waals surface area contributed by atoms with Crippen LogP contribution in [0.15, 0.2) is 11.6 Å². The third-order valence-corrected chi connectivity index (χ3v) is 4.05. The molecule has 0 aromatic carbocycles. The van der Waals surface area contributed by atoms with E-state index in [-0.39, 0.29) is 0 Å². The van der Waals surface area contributed by atoms with Crippen LogP contribution in [0.3, 0.4) is 0 Å². The lowest BCUT2D eigenvalue weighted by Gasteiger charge is -2.17. The maximum atomic E-state index is 4.40. The van der Waals surface area contributed by atoms with Gasteiger partial charge in [0.15, 0.2) is 0 Å². The van der Waals surface area contributed by atoms with Crippen molar-refractivity contribution < 1.29 is 0 Å². The Morgan fingerprint density at radius 2 is 2.00 bits per heavy atom. The topological polar surface area (TPSA) is 24.9 Å². The zero-order valence-electron chi connectivity index (χ0n) is 12.0. The first-order valence-electron chi connectivity index (χ1n) is 7.48. The van der Waals surface area contributed by atoms with Crippen LogP contribution in [0.25, 0.3) is 0 Å². The van der Waals surface area contributed by atoms with Gasteiger partial charge in [-0.3, -0.25) is 0 Å². The van der Waals surface area contributed by atoms with Crippen molar-refractivity contribution in [3.05, 3.63) is 16.6 Å². The highest BCUT2D eigenvalue weighted by atomic mass is 32.1. The van der Waals surface area contributed by atoms with Crippen LogP contribution in [-0.4, -0.2) is 17.6 Å². The number of thiazole rings is 1. The Morgan fingerprint density at radius 1 is 1.17 bits per heavy atom. The van der Waals surface area contributed by atoms with E-state index in [1.165, 1.54) is 50.0 Å². The van der Waals surface area contributed by atoms with Crippen LogP contribution in [0.1, 0.15) is 63.8 Å². The molecule has 0 saturated heterocycles. The largest absolute Gasteiger partial charge is 0.314 e. The third kappa shape index (κ3) is 7.12. The number of nitrogens with one attached hydrogen (secondary N) is 1. The first kappa shape index (κ1) is 15.6. The minimum atomic E-state index is 0.623. The van der Waals surface area contributed by atoms with Gasteiger partial charge in [0.05, 0.1) is 5.01 Å². The molecule has 0 radical (unpaired) electrons. The van der Waals surface area contributed by atoms with Gasteiger partial charge in [-0.25, -0.2) is 4.98 Å². The molecule has 3 heteroatoms. The lowest BCUT2D eigenvalue weighted by atomic mass is 10.0. The second kappa shape index (κ2) is 10.5.